The molecule has 0 atom stereocenters. The van der Waals surface area contributed by atoms with Crippen LogP contribution in [0.15, 0.2) is 12.1 Å². The third-order valence-corrected chi connectivity index (χ3v) is 5.88. The number of aryl methyl sites for hydroxylation is 2. The molecule has 3 rings (SSSR count). The van der Waals surface area contributed by atoms with Crippen molar-refractivity contribution in [2.75, 3.05) is 0 Å². The van der Waals surface area contributed by atoms with E-state index in [4.69, 9.17) is 0 Å². The molecule has 0 radical (unpaired) electrons. The molecule has 0 saturated carbocycles. The lowest BCUT2D eigenvalue weighted by molar-refractivity contribution is 0.941. The Hall–Kier alpha value is -0.730. The summed E-state index contributed by atoms with van der Waals surface area (Å²) in [6, 6.07) is 4.77. The molecule has 0 N–H and O–H groups in total. The highest BCUT2D eigenvalue weighted by Gasteiger charge is 2.21. The van der Waals surface area contributed by atoms with Crippen molar-refractivity contribution in [2.45, 2.75) is 33.1 Å². The highest BCUT2D eigenvalue weighted by molar-refractivity contribution is 7.20. The lowest BCUT2D eigenvalue weighted by atomic mass is 9.95. The van der Waals surface area contributed by atoms with Crippen molar-refractivity contribution in [3.05, 3.63) is 33.0 Å². The Labute approximate surface area is 125 Å². The largest absolute Gasteiger partial charge is 0.156 e. The molecular formula is C15H18B2S2. The first kappa shape index (κ1) is 13.3. The molecular weight excluding hydrogens is 266 g/mol. The first-order valence-electron chi connectivity index (χ1n) is 6.93. The molecule has 19 heavy (non-hydrogen) atoms. The lowest BCUT2D eigenvalue weighted by Crippen LogP contribution is -1.93. The maximum Gasteiger partial charge on any atom is 0.152 e. The van der Waals surface area contributed by atoms with Gasteiger partial charge in [-0.05, 0) is 64.9 Å². The van der Waals surface area contributed by atoms with Gasteiger partial charge < -0.3 is 0 Å². The molecule has 0 amide bonds. The van der Waals surface area contributed by atoms with Crippen molar-refractivity contribution in [1.82, 2.24) is 0 Å². The average molecular weight is 284 g/mol. The van der Waals surface area contributed by atoms with Crippen LogP contribution >= 0.6 is 22.7 Å². The summed E-state index contributed by atoms with van der Waals surface area (Å²) in [6.45, 7) is 4.53. The van der Waals surface area contributed by atoms with Gasteiger partial charge in [-0.15, -0.1) is 0 Å². The topological polar surface area (TPSA) is 0 Å². The molecule has 0 aromatic carbocycles. The molecule has 0 saturated heterocycles. The van der Waals surface area contributed by atoms with Crippen LogP contribution in [0.25, 0.3) is 11.1 Å². The van der Waals surface area contributed by atoms with Crippen LogP contribution in [0.1, 0.15) is 40.1 Å². The first-order chi connectivity index (χ1) is 9.06. The fraction of sp³-hybridized carbons (Fsp3) is 0.333. The van der Waals surface area contributed by atoms with Gasteiger partial charge in [0.2, 0.25) is 0 Å². The highest BCUT2D eigenvalue weighted by Crippen LogP contribution is 2.42. The second-order valence-electron chi connectivity index (χ2n) is 5.46. The quantitative estimate of drug-likeness (QED) is 0.740. The smallest absolute Gasteiger partial charge is 0.152 e. The van der Waals surface area contributed by atoms with Crippen LogP contribution in [-0.4, -0.2) is 15.7 Å². The van der Waals surface area contributed by atoms with Crippen LogP contribution in [0, 0.1) is 13.8 Å². The van der Waals surface area contributed by atoms with E-state index in [9.17, 15) is 0 Å². The van der Waals surface area contributed by atoms with E-state index in [1.165, 1.54) is 49.7 Å². The summed E-state index contributed by atoms with van der Waals surface area (Å²) in [6.07, 6.45) is 3.81. The van der Waals surface area contributed by atoms with Crippen molar-refractivity contribution in [3.63, 3.8) is 0 Å². The first-order valence-corrected chi connectivity index (χ1v) is 8.56. The zero-order valence-electron chi connectivity index (χ0n) is 12.1. The van der Waals surface area contributed by atoms with Crippen molar-refractivity contribution in [3.8, 4) is 0 Å². The second kappa shape index (κ2) is 4.99. The number of rotatable bonds is 2. The van der Waals surface area contributed by atoms with Gasteiger partial charge in [-0.2, -0.15) is 22.7 Å². The van der Waals surface area contributed by atoms with Crippen LogP contribution in [0.5, 0.6) is 0 Å². The minimum atomic E-state index is 1.25. The maximum atomic E-state index is 2.38. The van der Waals surface area contributed by atoms with Gasteiger partial charge in [0.25, 0.3) is 0 Å². The predicted molar refractivity (Wildman–Crippen MR) is 95.1 cm³/mol. The van der Waals surface area contributed by atoms with E-state index in [1.807, 2.05) is 22.7 Å². The van der Waals surface area contributed by atoms with E-state index in [1.54, 1.807) is 11.1 Å². The van der Waals surface area contributed by atoms with Gasteiger partial charge in [0, 0.05) is 9.75 Å². The number of thiophene rings is 2. The molecule has 2 aromatic rings. The molecule has 0 spiro atoms. The summed E-state index contributed by atoms with van der Waals surface area (Å²) in [5.41, 5.74) is 6.25. The molecule has 0 bridgehead atoms. The van der Waals surface area contributed by atoms with E-state index in [-0.39, 0.29) is 0 Å². The van der Waals surface area contributed by atoms with Gasteiger partial charge in [0.05, 0.1) is 0 Å². The molecule has 2 heterocycles. The monoisotopic (exact) mass is 284 g/mol. The van der Waals surface area contributed by atoms with Gasteiger partial charge in [0.15, 0.2) is 15.7 Å². The van der Waals surface area contributed by atoms with Crippen molar-refractivity contribution in [2.24, 2.45) is 0 Å². The van der Waals surface area contributed by atoms with Crippen molar-refractivity contribution < 1.29 is 0 Å². The standard InChI is InChI=1S/C15H18B2S2/c1-8-12(6-14(16)18-8)10-4-3-5-11(10)13-7-15(17)19-9(13)2/h6-7H,3-5,16-17H2,1-2H3. The summed E-state index contributed by atoms with van der Waals surface area (Å²) >= 11 is 3.86. The summed E-state index contributed by atoms with van der Waals surface area (Å²) in [4.78, 5) is 2.97. The minimum Gasteiger partial charge on any atom is -0.156 e. The van der Waals surface area contributed by atoms with Gasteiger partial charge >= 0.3 is 0 Å². The summed E-state index contributed by atoms with van der Waals surface area (Å²) < 4.78 is 2.87. The van der Waals surface area contributed by atoms with Gasteiger partial charge in [0.1, 0.15) is 0 Å². The van der Waals surface area contributed by atoms with Crippen LogP contribution in [0.4, 0.5) is 0 Å². The SMILES string of the molecule is Bc1cc(C2=C(c3cc(B)sc3C)CCC2)c(C)s1. The van der Waals surface area contributed by atoms with Crippen LogP contribution in [0.3, 0.4) is 0 Å². The van der Waals surface area contributed by atoms with E-state index in [0.29, 0.717) is 0 Å². The van der Waals surface area contributed by atoms with Crippen LogP contribution in [-0.2, 0) is 0 Å². The Balaban J connectivity index is 2.15. The molecule has 0 aliphatic heterocycles. The molecule has 1 aliphatic carbocycles. The Morgan fingerprint density at radius 2 is 1.26 bits per heavy atom. The van der Waals surface area contributed by atoms with Gasteiger partial charge in [-0.25, -0.2) is 0 Å². The molecule has 0 nitrogen and oxygen atoms in total. The van der Waals surface area contributed by atoms with Gasteiger partial charge in [-0.1, -0.05) is 12.1 Å². The Bertz CT molecular complexity index is 605. The van der Waals surface area contributed by atoms with E-state index >= 15 is 0 Å². The molecule has 0 fully saturated rings. The fourth-order valence-electron chi connectivity index (χ4n) is 3.20. The number of hydrogen-bond acceptors (Lipinski definition) is 2. The number of allylic oxidation sites excluding steroid dienone is 2. The normalized spacial score (nSPS) is 15.5. The maximum absolute atomic E-state index is 2.38. The van der Waals surface area contributed by atoms with Crippen molar-refractivity contribution in [1.29, 1.82) is 0 Å². The van der Waals surface area contributed by atoms with Crippen LogP contribution < -0.4 is 9.55 Å². The van der Waals surface area contributed by atoms with Crippen LogP contribution in [0.2, 0.25) is 0 Å². The highest BCUT2D eigenvalue weighted by atomic mass is 32.1. The fourth-order valence-corrected chi connectivity index (χ4v) is 5.10. The zero-order valence-corrected chi connectivity index (χ0v) is 13.7. The summed E-state index contributed by atoms with van der Waals surface area (Å²) in [5, 5.41) is 0. The number of hydrogen-bond donors (Lipinski definition) is 0. The summed E-state index contributed by atoms with van der Waals surface area (Å²) in [5.74, 6) is 0. The van der Waals surface area contributed by atoms with E-state index in [0.717, 1.165) is 0 Å². The molecule has 96 valence electrons. The molecule has 2 aromatic heterocycles. The minimum absolute atomic E-state index is 1.25. The Kier molecular flexibility index (Phi) is 3.48. The van der Waals surface area contributed by atoms with E-state index < -0.39 is 0 Å². The Morgan fingerprint density at radius 3 is 1.58 bits per heavy atom. The molecule has 4 heteroatoms. The summed E-state index contributed by atoms with van der Waals surface area (Å²) in [7, 11) is 4.44. The van der Waals surface area contributed by atoms with Gasteiger partial charge in [-0.3, -0.25) is 0 Å². The molecule has 1 aliphatic rings. The molecule has 0 unspecified atom stereocenters. The Morgan fingerprint density at radius 1 is 0.842 bits per heavy atom. The lowest BCUT2D eigenvalue weighted by Gasteiger charge is -2.07. The zero-order chi connectivity index (χ0) is 13.6. The predicted octanol–water partition coefficient (Wildman–Crippen LogP) is 2.04. The van der Waals surface area contributed by atoms with Crippen molar-refractivity contribution >= 4 is 59.1 Å². The second-order valence-corrected chi connectivity index (χ2v) is 8.39. The third kappa shape index (κ3) is 2.36. The third-order valence-electron chi connectivity index (χ3n) is 3.95. The van der Waals surface area contributed by atoms with E-state index in [2.05, 4.69) is 41.7 Å². The average Bonchev–Trinajstić information content (AvgIpc) is 2.98.